The van der Waals surface area contributed by atoms with Gasteiger partial charge in [-0.25, -0.2) is 23.7 Å². The van der Waals surface area contributed by atoms with Crippen LogP contribution in [0.4, 0.5) is 24.5 Å². The number of methoxy groups -OCH3 is 1. The number of alkyl halides is 1. The van der Waals surface area contributed by atoms with Crippen molar-refractivity contribution in [2.45, 2.75) is 25.2 Å². The van der Waals surface area contributed by atoms with Crippen LogP contribution in [-0.2, 0) is 0 Å². The molecule has 2 aliphatic rings. The second-order valence-electron chi connectivity index (χ2n) is 10.2. The Morgan fingerprint density at radius 3 is 2.50 bits per heavy atom. The predicted octanol–water partition coefficient (Wildman–Crippen LogP) is 5.56. The van der Waals surface area contributed by atoms with E-state index in [1.807, 2.05) is 0 Å². The summed E-state index contributed by atoms with van der Waals surface area (Å²) in [6.07, 6.45) is -0.405. The minimum Gasteiger partial charge on any atom is -0.496 e. The van der Waals surface area contributed by atoms with Crippen LogP contribution in [0.15, 0.2) is 71.9 Å². The maximum Gasteiger partial charge on any atom is 0.309 e. The van der Waals surface area contributed by atoms with Gasteiger partial charge in [-0.05, 0) is 61.4 Å². The molecule has 6 rings (SSSR count). The van der Waals surface area contributed by atoms with Gasteiger partial charge in [0.15, 0.2) is 0 Å². The smallest absolute Gasteiger partial charge is 0.309 e. The molecule has 4 aromatic rings. The topological polar surface area (TPSA) is 106 Å². The minimum absolute atomic E-state index is 0.0169. The number of aliphatic imine (C=N–C) groups is 1. The van der Waals surface area contributed by atoms with Gasteiger partial charge in [-0.3, -0.25) is 4.79 Å². The Kier molecular flexibility index (Phi) is 7.34. The first-order valence-electron chi connectivity index (χ1n) is 13.5. The van der Waals surface area contributed by atoms with Gasteiger partial charge >= 0.3 is 6.08 Å². The Balaban J connectivity index is 1.37. The molecule has 1 unspecified atom stereocenters. The molecular weight excluding hydrogens is 545 g/mol. The Morgan fingerprint density at radius 2 is 1.76 bits per heavy atom. The summed E-state index contributed by atoms with van der Waals surface area (Å²) in [5, 5.41) is 3.27. The van der Waals surface area contributed by atoms with Gasteiger partial charge in [-0.1, -0.05) is 12.1 Å². The lowest BCUT2D eigenvalue weighted by Gasteiger charge is -2.30. The number of benzene rings is 3. The standard InChI is InChI=1S/C31H27F3N6O2/c1-42-25-4-2-3-24(32)26(25)28-22-15-20(9-10-21(22)27-23(29(33)38-28)16-36-31(34)39-27)37-19-7-5-17(6-8-19)30(41)40-13-11-18(35)12-14-40/h2-10,15-16,18,29,37H,11-14,35H2,1H3. The summed E-state index contributed by atoms with van der Waals surface area (Å²) < 4.78 is 50.3. The first kappa shape index (κ1) is 27.4. The number of carbonyl (C=O) groups excluding carboxylic acids is 1. The molecule has 3 heterocycles. The van der Waals surface area contributed by atoms with Crippen molar-refractivity contribution in [1.29, 1.82) is 0 Å². The number of nitrogens with one attached hydrogen (secondary N) is 1. The molecule has 3 aromatic carbocycles. The summed E-state index contributed by atoms with van der Waals surface area (Å²) in [6, 6.07) is 16.4. The summed E-state index contributed by atoms with van der Waals surface area (Å²) in [5.74, 6) is -0.556. The van der Waals surface area contributed by atoms with Gasteiger partial charge in [-0.2, -0.15) is 4.39 Å². The molecule has 214 valence electrons. The third-order valence-corrected chi connectivity index (χ3v) is 7.50. The van der Waals surface area contributed by atoms with Crippen LogP contribution in [-0.4, -0.2) is 52.7 Å². The van der Waals surface area contributed by atoms with Crippen molar-refractivity contribution in [3.63, 3.8) is 0 Å². The molecule has 2 aliphatic heterocycles. The molecular formula is C31H27F3N6O2. The van der Waals surface area contributed by atoms with Crippen molar-refractivity contribution in [1.82, 2.24) is 14.9 Å². The van der Waals surface area contributed by atoms with E-state index in [4.69, 9.17) is 10.5 Å². The van der Waals surface area contributed by atoms with Crippen molar-refractivity contribution < 1.29 is 22.7 Å². The number of likely N-dealkylation sites (tertiary alicyclic amines) is 1. The highest BCUT2D eigenvalue weighted by atomic mass is 19.1. The maximum atomic E-state index is 15.5. The van der Waals surface area contributed by atoms with Gasteiger partial charge in [0.25, 0.3) is 5.91 Å². The Morgan fingerprint density at radius 1 is 1.02 bits per heavy atom. The minimum atomic E-state index is -1.98. The lowest BCUT2D eigenvalue weighted by atomic mass is 9.94. The van der Waals surface area contributed by atoms with Crippen molar-refractivity contribution in [2.75, 3.05) is 25.5 Å². The van der Waals surface area contributed by atoms with E-state index in [1.165, 1.54) is 19.2 Å². The van der Waals surface area contributed by atoms with E-state index < -0.39 is 18.2 Å². The lowest BCUT2D eigenvalue weighted by Crippen LogP contribution is -2.42. The maximum absolute atomic E-state index is 15.5. The van der Waals surface area contributed by atoms with E-state index in [0.29, 0.717) is 41.2 Å². The Bertz CT molecular complexity index is 1690. The number of nitrogens with two attached hydrogens (primary N) is 1. The Labute approximate surface area is 240 Å². The van der Waals surface area contributed by atoms with Crippen LogP contribution in [0.5, 0.6) is 5.75 Å². The summed E-state index contributed by atoms with van der Waals surface area (Å²) in [6.45, 7) is 1.26. The fourth-order valence-electron chi connectivity index (χ4n) is 5.29. The molecule has 1 saturated heterocycles. The average Bonchev–Trinajstić information content (AvgIpc) is 3.11. The van der Waals surface area contributed by atoms with Crippen LogP contribution in [0, 0.1) is 11.9 Å². The summed E-state index contributed by atoms with van der Waals surface area (Å²) >= 11 is 0. The molecule has 0 saturated carbocycles. The number of hydrogen-bond acceptors (Lipinski definition) is 7. The van der Waals surface area contributed by atoms with E-state index in [-0.39, 0.29) is 40.2 Å². The van der Waals surface area contributed by atoms with Crippen LogP contribution in [0.3, 0.4) is 0 Å². The zero-order valence-corrected chi connectivity index (χ0v) is 22.7. The van der Waals surface area contributed by atoms with Crippen molar-refractivity contribution in [2.24, 2.45) is 10.7 Å². The number of rotatable bonds is 5. The van der Waals surface area contributed by atoms with E-state index in [0.717, 1.165) is 19.0 Å². The zero-order valence-electron chi connectivity index (χ0n) is 22.7. The number of fused-ring (bicyclic) bond motifs is 3. The van der Waals surface area contributed by atoms with Gasteiger partial charge < -0.3 is 20.7 Å². The fraction of sp³-hybridized carbons (Fsp3) is 0.226. The normalized spacial score (nSPS) is 16.6. The number of hydrogen-bond donors (Lipinski definition) is 2. The van der Waals surface area contributed by atoms with E-state index in [2.05, 4.69) is 20.3 Å². The summed E-state index contributed by atoms with van der Waals surface area (Å²) in [7, 11) is 1.38. The van der Waals surface area contributed by atoms with Crippen LogP contribution in [0.2, 0.25) is 0 Å². The first-order chi connectivity index (χ1) is 20.3. The van der Waals surface area contributed by atoms with Crippen LogP contribution < -0.4 is 15.8 Å². The molecule has 3 N–H and O–H groups in total. The molecule has 0 aliphatic carbocycles. The molecule has 1 fully saturated rings. The van der Waals surface area contributed by atoms with Crippen LogP contribution in [0.1, 0.15) is 46.2 Å². The first-order valence-corrected chi connectivity index (χ1v) is 13.5. The third-order valence-electron chi connectivity index (χ3n) is 7.50. The summed E-state index contributed by atoms with van der Waals surface area (Å²) in [4.78, 5) is 26.3. The third kappa shape index (κ3) is 5.18. The highest BCUT2D eigenvalue weighted by Crippen LogP contribution is 2.40. The lowest BCUT2D eigenvalue weighted by molar-refractivity contribution is 0.0714. The number of carbonyl (C=O) groups is 1. The number of piperidine rings is 1. The SMILES string of the molecule is COc1cccc(F)c1C1=NC(F)c2cnc(F)nc2-c2ccc(Nc3ccc(C(=O)N4CCC(N)CC4)cc3)cc21. The van der Waals surface area contributed by atoms with Crippen molar-refractivity contribution in [3.8, 4) is 17.0 Å². The molecule has 0 radical (unpaired) electrons. The number of aromatic nitrogens is 2. The molecule has 8 nitrogen and oxygen atoms in total. The number of amides is 1. The van der Waals surface area contributed by atoms with Gasteiger partial charge in [0, 0.05) is 53.4 Å². The van der Waals surface area contributed by atoms with Crippen molar-refractivity contribution >= 4 is 23.0 Å². The summed E-state index contributed by atoms with van der Waals surface area (Å²) in [5.41, 5.74) is 8.36. The molecule has 0 bridgehead atoms. The van der Waals surface area contributed by atoms with Gasteiger partial charge in [0.2, 0.25) is 6.30 Å². The largest absolute Gasteiger partial charge is 0.496 e. The van der Waals surface area contributed by atoms with E-state index >= 15 is 8.78 Å². The molecule has 1 atom stereocenters. The van der Waals surface area contributed by atoms with Crippen molar-refractivity contribution in [3.05, 3.63) is 101 Å². The molecule has 1 amide bonds. The zero-order chi connectivity index (χ0) is 29.4. The van der Waals surface area contributed by atoms with E-state index in [9.17, 15) is 9.18 Å². The molecule has 42 heavy (non-hydrogen) atoms. The molecule has 0 spiro atoms. The van der Waals surface area contributed by atoms with Gasteiger partial charge in [-0.15, -0.1) is 0 Å². The van der Waals surface area contributed by atoms with Crippen LogP contribution >= 0.6 is 0 Å². The average molecular weight is 573 g/mol. The fourth-order valence-corrected chi connectivity index (χ4v) is 5.29. The van der Waals surface area contributed by atoms with Gasteiger partial charge in [0.05, 0.1) is 29.6 Å². The highest BCUT2D eigenvalue weighted by molar-refractivity contribution is 6.18. The number of anilines is 2. The second-order valence-corrected chi connectivity index (χ2v) is 10.2. The second kappa shape index (κ2) is 11.2. The van der Waals surface area contributed by atoms with E-state index in [1.54, 1.807) is 53.4 Å². The highest BCUT2D eigenvalue weighted by Gasteiger charge is 2.30. The van der Waals surface area contributed by atoms with Crippen LogP contribution in [0.25, 0.3) is 11.3 Å². The number of halogens is 3. The predicted molar refractivity (Wildman–Crippen MR) is 153 cm³/mol. The molecule has 1 aromatic heterocycles. The quantitative estimate of drug-likeness (QED) is 0.240. The van der Waals surface area contributed by atoms with Gasteiger partial charge in [0.1, 0.15) is 11.6 Å². The monoisotopic (exact) mass is 572 g/mol. The Hall–Kier alpha value is -4.77. The number of nitrogens with zero attached hydrogens (tertiary/aromatic N) is 4. The number of ether oxygens (including phenoxy) is 1. The molecule has 11 heteroatoms.